The van der Waals surface area contributed by atoms with E-state index in [0.29, 0.717) is 30.7 Å². The summed E-state index contributed by atoms with van der Waals surface area (Å²) >= 11 is 0. The van der Waals surface area contributed by atoms with Crippen LogP contribution in [-0.2, 0) is 9.59 Å². The fourth-order valence-corrected chi connectivity index (χ4v) is 2.02. The van der Waals surface area contributed by atoms with Crippen molar-refractivity contribution in [2.45, 2.75) is 51.9 Å². The maximum Gasteiger partial charge on any atom is 0.311 e. The van der Waals surface area contributed by atoms with Crippen LogP contribution in [0.1, 0.15) is 57.4 Å². The number of ether oxygens (including phenoxy) is 1. The predicted molar refractivity (Wildman–Crippen MR) is 84.5 cm³/mol. The van der Waals surface area contributed by atoms with Gasteiger partial charge in [0.2, 0.25) is 0 Å². The summed E-state index contributed by atoms with van der Waals surface area (Å²) in [7, 11) is 0. The van der Waals surface area contributed by atoms with Crippen LogP contribution in [0.3, 0.4) is 0 Å². The van der Waals surface area contributed by atoms with E-state index < -0.39 is 5.97 Å². The lowest BCUT2D eigenvalue weighted by atomic mass is 10.1. The topological polar surface area (TPSA) is 87.5 Å². The number of hydrogen-bond donors (Lipinski definition) is 2. The van der Waals surface area contributed by atoms with Gasteiger partial charge >= 0.3 is 11.9 Å². The molecule has 5 nitrogen and oxygen atoms in total. The molecule has 0 bridgehead atoms. The Labute approximate surface area is 130 Å². The van der Waals surface area contributed by atoms with Crippen molar-refractivity contribution >= 4 is 17.7 Å². The number of esters is 1. The molecule has 0 fully saturated rings. The first-order valence-corrected chi connectivity index (χ1v) is 7.63. The number of carbonyl (C=O) groups excluding carboxylic acids is 1. The Morgan fingerprint density at radius 3 is 2.27 bits per heavy atom. The van der Waals surface area contributed by atoms with E-state index in [0.717, 1.165) is 18.4 Å². The van der Waals surface area contributed by atoms with Gasteiger partial charge in [-0.1, -0.05) is 19.8 Å². The quantitative estimate of drug-likeness (QED) is 0.298. The highest BCUT2D eigenvalue weighted by atomic mass is 16.5. The highest BCUT2D eigenvalue weighted by Crippen LogP contribution is 2.15. The van der Waals surface area contributed by atoms with E-state index in [-0.39, 0.29) is 18.8 Å². The number of aliphatic carboxylic acids is 1. The Balaban J connectivity index is 2.32. The lowest BCUT2D eigenvalue weighted by molar-refractivity contribution is -0.137. The molecule has 5 heteroatoms. The van der Waals surface area contributed by atoms with Gasteiger partial charge in [-0.05, 0) is 49.1 Å². The molecule has 22 heavy (non-hydrogen) atoms. The average Bonchev–Trinajstić information content (AvgIpc) is 2.47. The molecule has 0 aliphatic heterocycles. The number of unbranched alkanes of at least 4 members (excludes halogenated alkanes) is 2. The molecular weight excluding hydrogens is 282 g/mol. The van der Waals surface area contributed by atoms with Crippen molar-refractivity contribution in [3.05, 3.63) is 29.8 Å². The molecule has 0 amide bonds. The van der Waals surface area contributed by atoms with Gasteiger partial charge in [-0.25, -0.2) is 0 Å². The fourth-order valence-electron chi connectivity index (χ4n) is 2.02. The molecule has 0 aliphatic carbocycles. The monoisotopic (exact) mass is 305 g/mol. The third-order valence-electron chi connectivity index (χ3n) is 3.21. The van der Waals surface area contributed by atoms with Crippen LogP contribution in [0.25, 0.3) is 0 Å². The summed E-state index contributed by atoms with van der Waals surface area (Å²) in [6.07, 6.45) is 4.00. The van der Waals surface area contributed by atoms with Crippen molar-refractivity contribution in [2.75, 3.05) is 0 Å². The van der Waals surface area contributed by atoms with Crippen LogP contribution >= 0.6 is 0 Å². The Morgan fingerprint density at radius 2 is 1.68 bits per heavy atom. The van der Waals surface area contributed by atoms with Crippen molar-refractivity contribution in [3.8, 4) is 5.75 Å². The van der Waals surface area contributed by atoms with Crippen molar-refractivity contribution in [1.29, 1.82) is 5.41 Å². The van der Waals surface area contributed by atoms with Gasteiger partial charge < -0.3 is 15.3 Å². The zero-order valence-corrected chi connectivity index (χ0v) is 12.9. The van der Waals surface area contributed by atoms with Gasteiger partial charge in [0.05, 0.1) is 0 Å². The Morgan fingerprint density at radius 1 is 1.05 bits per heavy atom. The number of nitrogens with one attached hydrogen (secondary N) is 1. The summed E-state index contributed by atoms with van der Waals surface area (Å²) < 4.78 is 5.21. The predicted octanol–water partition coefficient (Wildman–Crippen LogP) is 3.80. The van der Waals surface area contributed by atoms with Gasteiger partial charge in [0.1, 0.15) is 5.75 Å². The summed E-state index contributed by atoms with van der Waals surface area (Å²) in [5, 5.41) is 16.4. The summed E-state index contributed by atoms with van der Waals surface area (Å²) in [4.78, 5) is 22.0. The molecule has 0 unspecified atom stereocenters. The highest BCUT2D eigenvalue weighted by molar-refractivity contribution is 5.98. The third-order valence-corrected chi connectivity index (χ3v) is 3.21. The maximum absolute atomic E-state index is 11.6. The molecule has 1 rings (SSSR count). The molecule has 1 aromatic rings. The summed E-state index contributed by atoms with van der Waals surface area (Å²) in [5.41, 5.74) is 1.43. The Hall–Kier alpha value is -2.17. The minimum Gasteiger partial charge on any atom is -0.481 e. The average molecular weight is 305 g/mol. The number of carbonyl (C=O) groups is 2. The molecule has 120 valence electrons. The molecular formula is C17H23NO4. The van der Waals surface area contributed by atoms with Gasteiger partial charge in [-0.15, -0.1) is 0 Å². The van der Waals surface area contributed by atoms with E-state index >= 15 is 0 Å². The standard InChI is InChI=1S/C17H23NO4/c1-2-6-15(18)13-9-11-14(12-10-13)22-17(21)8-5-3-4-7-16(19)20/h9-12,18H,2-8H2,1H3,(H,19,20). The second-order valence-corrected chi connectivity index (χ2v) is 5.18. The molecule has 0 aliphatic rings. The molecule has 0 heterocycles. The minimum atomic E-state index is -0.809. The number of carboxylic acids is 1. The van der Waals surface area contributed by atoms with Crippen LogP contribution < -0.4 is 4.74 Å². The molecule has 0 saturated heterocycles. The second kappa shape index (κ2) is 9.71. The third kappa shape index (κ3) is 7.02. The molecule has 1 aromatic carbocycles. The van der Waals surface area contributed by atoms with Gasteiger partial charge in [-0.3, -0.25) is 9.59 Å². The van der Waals surface area contributed by atoms with E-state index in [1.54, 1.807) is 24.3 Å². The van der Waals surface area contributed by atoms with E-state index in [2.05, 4.69) is 0 Å². The summed E-state index contributed by atoms with van der Waals surface area (Å²) in [5.74, 6) is -0.647. The van der Waals surface area contributed by atoms with Crippen LogP contribution in [0.2, 0.25) is 0 Å². The van der Waals surface area contributed by atoms with E-state index in [9.17, 15) is 9.59 Å². The van der Waals surface area contributed by atoms with Crippen LogP contribution in [0.5, 0.6) is 5.75 Å². The molecule has 0 spiro atoms. The zero-order valence-electron chi connectivity index (χ0n) is 12.9. The highest BCUT2D eigenvalue weighted by Gasteiger charge is 2.06. The Kier molecular flexibility index (Phi) is 7.89. The molecule has 0 radical (unpaired) electrons. The van der Waals surface area contributed by atoms with Crippen LogP contribution in [-0.4, -0.2) is 22.8 Å². The molecule has 0 saturated carbocycles. The normalized spacial score (nSPS) is 10.2. The molecule has 0 aromatic heterocycles. The van der Waals surface area contributed by atoms with Crippen molar-refractivity contribution in [2.24, 2.45) is 0 Å². The second-order valence-electron chi connectivity index (χ2n) is 5.18. The van der Waals surface area contributed by atoms with Crippen LogP contribution in [0.15, 0.2) is 24.3 Å². The van der Waals surface area contributed by atoms with E-state index in [1.807, 2.05) is 6.92 Å². The first-order valence-electron chi connectivity index (χ1n) is 7.63. The number of rotatable bonds is 10. The number of carboxylic acid groups (broad SMARTS) is 1. The smallest absolute Gasteiger partial charge is 0.311 e. The fraction of sp³-hybridized carbons (Fsp3) is 0.471. The van der Waals surface area contributed by atoms with Gasteiger partial charge in [-0.2, -0.15) is 0 Å². The van der Waals surface area contributed by atoms with Gasteiger partial charge in [0.25, 0.3) is 0 Å². The van der Waals surface area contributed by atoms with Gasteiger partial charge in [0, 0.05) is 18.6 Å². The van der Waals surface area contributed by atoms with Crippen molar-refractivity contribution in [3.63, 3.8) is 0 Å². The minimum absolute atomic E-state index is 0.139. The van der Waals surface area contributed by atoms with Crippen molar-refractivity contribution < 1.29 is 19.4 Å². The largest absolute Gasteiger partial charge is 0.481 e. The van der Waals surface area contributed by atoms with E-state index in [1.165, 1.54) is 0 Å². The summed E-state index contributed by atoms with van der Waals surface area (Å²) in [6, 6.07) is 6.96. The van der Waals surface area contributed by atoms with Crippen LogP contribution in [0.4, 0.5) is 0 Å². The lowest BCUT2D eigenvalue weighted by Gasteiger charge is -2.06. The molecule has 2 N–H and O–H groups in total. The summed E-state index contributed by atoms with van der Waals surface area (Å²) in [6.45, 7) is 2.03. The number of hydrogen-bond acceptors (Lipinski definition) is 4. The Bertz CT molecular complexity index is 508. The maximum atomic E-state index is 11.6. The molecule has 0 atom stereocenters. The first kappa shape index (κ1) is 17.9. The van der Waals surface area contributed by atoms with Crippen LogP contribution in [0, 0.1) is 5.41 Å². The zero-order chi connectivity index (χ0) is 16.4. The van der Waals surface area contributed by atoms with Gasteiger partial charge in [0.15, 0.2) is 0 Å². The SMILES string of the molecule is CCCC(=N)c1ccc(OC(=O)CCCCCC(=O)O)cc1. The first-order chi connectivity index (χ1) is 10.5. The van der Waals surface area contributed by atoms with E-state index in [4.69, 9.17) is 15.3 Å². The van der Waals surface area contributed by atoms with Crippen molar-refractivity contribution in [1.82, 2.24) is 0 Å². The number of benzene rings is 1. The lowest BCUT2D eigenvalue weighted by Crippen LogP contribution is -2.08.